The molecule has 2 heteroatoms. The van der Waals surface area contributed by atoms with E-state index in [4.69, 9.17) is 0 Å². The number of rotatable bonds is 4. The molecular formula is C14H22N2. The third kappa shape index (κ3) is 3.22. The van der Waals surface area contributed by atoms with Crippen LogP contribution in [0, 0.1) is 5.92 Å². The fraction of sp³-hybridized carbons (Fsp3) is 0.643. The molecule has 1 aliphatic carbocycles. The van der Waals surface area contributed by atoms with Gasteiger partial charge in [0.05, 0.1) is 0 Å². The van der Waals surface area contributed by atoms with Gasteiger partial charge in [-0.15, -0.1) is 0 Å². The molecule has 1 aromatic heterocycles. The van der Waals surface area contributed by atoms with Gasteiger partial charge in [0, 0.05) is 12.2 Å². The van der Waals surface area contributed by atoms with Crippen LogP contribution in [0.4, 0.5) is 5.82 Å². The summed E-state index contributed by atoms with van der Waals surface area (Å²) in [6.07, 6.45) is 8.46. The molecule has 1 saturated carbocycles. The van der Waals surface area contributed by atoms with Gasteiger partial charge < -0.3 is 5.32 Å². The fourth-order valence-corrected chi connectivity index (χ4v) is 2.38. The Kier molecular flexibility index (Phi) is 3.81. The summed E-state index contributed by atoms with van der Waals surface area (Å²) in [5.74, 6) is 1.75. The molecule has 0 aromatic carbocycles. The maximum atomic E-state index is 4.48. The van der Waals surface area contributed by atoms with Crippen LogP contribution in [0.3, 0.4) is 0 Å². The number of hydrogen-bond donors (Lipinski definition) is 1. The van der Waals surface area contributed by atoms with Crippen molar-refractivity contribution in [2.24, 2.45) is 5.92 Å². The van der Waals surface area contributed by atoms with E-state index in [-0.39, 0.29) is 0 Å². The molecule has 2 nitrogen and oxygen atoms in total. The van der Waals surface area contributed by atoms with Gasteiger partial charge in [-0.05, 0) is 36.8 Å². The predicted octanol–water partition coefficient (Wildman–Crippen LogP) is 3.63. The van der Waals surface area contributed by atoms with Gasteiger partial charge >= 0.3 is 0 Å². The SMILES string of the molecule is CC(C)Cc1ccc(NC2CCCC2)nc1. The molecule has 1 heterocycles. The topological polar surface area (TPSA) is 24.9 Å². The summed E-state index contributed by atoms with van der Waals surface area (Å²) in [6.45, 7) is 4.48. The molecule has 88 valence electrons. The normalized spacial score (nSPS) is 16.9. The summed E-state index contributed by atoms with van der Waals surface area (Å²) in [4.78, 5) is 4.48. The summed E-state index contributed by atoms with van der Waals surface area (Å²) in [7, 11) is 0. The first-order valence-corrected chi connectivity index (χ1v) is 6.45. The highest BCUT2D eigenvalue weighted by molar-refractivity contribution is 5.36. The van der Waals surface area contributed by atoms with Gasteiger partial charge in [-0.2, -0.15) is 0 Å². The standard InChI is InChI=1S/C14H22N2/c1-11(2)9-12-7-8-14(15-10-12)16-13-5-3-4-6-13/h7-8,10-11,13H,3-6,9H2,1-2H3,(H,15,16). The molecule has 0 saturated heterocycles. The van der Waals surface area contributed by atoms with Crippen LogP contribution in [-0.4, -0.2) is 11.0 Å². The number of aromatic nitrogens is 1. The zero-order valence-electron chi connectivity index (χ0n) is 10.4. The zero-order valence-corrected chi connectivity index (χ0v) is 10.4. The predicted molar refractivity (Wildman–Crippen MR) is 68.7 cm³/mol. The van der Waals surface area contributed by atoms with Crippen molar-refractivity contribution in [3.8, 4) is 0 Å². The molecule has 0 radical (unpaired) electrons. The lowest BCUT2D eigenvalue weighted by Gasteiger charge is -2.13. The van der Waals surface area contributed by atoms with E-state index in [9.17, 15) is 0 Å². The smallest absolute Gasteiger partial charge is 0.126 e. The van der Waals surface area contributed by atoms with Crippen molar-refractivity contribution in [1.82, 2.24) is 4.98 Å². The summed E-state index contributed by atoms with van der Waals surface area (Å²) in [6, 6.07) is 4.98. The summed E-state index contributed by atoms with van der Waals surface area (Å²) in [5, 5.41) is 3.51. The molecule has 0 aliphatic heterocycles. The van der Waals surface area contributed by atoms with E-state index in [0.717, 1.165) is 12.2 Å². The number of pyridine rings is 1. The molecule has 2 rings (SSSR count). The second kappa shape index (κ2) is 5.33. The molecule has 0 unspecified atom stereocenters. The molecule has 0 spiro atoms. The summed E-state index contributed by atoms with van der Waals surface area (Å²) >= 11 is 0. The second-order valence-corrected chi connectivity index (χ2v) is 5.28. The molecule has 0 amide bonds. The first-order chi connectivity index (χ1) is 7.74. The minimum atomic E-state index is 0.656. The minimum absolute atomic E-state index is 0.656. The Balaban J connectivity index is 1.90. The van der Waals surface area contributed by atoms with E-state index < -0.39 is 0 Å². The van der Waals surface area contributed by atoms with Gasteiger partial charge in [-0.25, -0.2) is 4.98 Å². The Hall–Kier alpha value is -1.05. The summed E-state index contributed by atoms with van der Waals surface area (Å²) in [5.41, 5.74) is 1.34. The molecule has 1 fully saturated rings. The van der Waals surface area contributed by atoms with Gasteiger partial charge in [0.2, 0.25) is 0 Å². The molecule has 0 atom stereocenters. The maximum absolute atomic E-state index is 4.48. The van der Waals surface area contributed by atoms with Crippen LogP contribution in [0.5, 0.6) is 0 Å². The average Bonchev–Trinajstić information content (AvgIpc) is 2.73. The van der Waals surface area contributed by atoms with E-state index in [1.54, 1.807) is 0 Å². The Morgan fingerprint density at radius 2 is 2.06 bits per heavy atom. The van der Waals surface area contributed by atoms with Crippen LogP contribution in [0.1, 0.15) is 45.1 Å². The van der Waals surface area contributed by atoms with Gasteiger partial charge in [0.25, 0.3) is 0 Å². The van der Waals surface area contributed by atoms with Gasteiger partial charge in [-0.1, -0.05) is 32.8 Å². The van der Waals surface area contributed by atoms with Crippen molar-refractivity contribution in [2.75, 3.05) is 5.32 Å². The van der Waals surface area contributed by atoms with Crippen molar-refractivity contribution in [2.45, 2.75) is 52.0 Å². The lowest BCUT2D eigenvalue weighted by atomic mass is 10.1. The van der Waals surface area contributed by atoms with Crippen LogP contribution in [0.15, 0.2) is 18.3 Å². The molecule has 1 aliphatic rings. The van der Waals surface area contributed by atoms with E-state index in [1.807, 2.05) is 6.20 Å². The Morgan fingerprint density at radius 3 is 2.62 bits per heavy atom. The molecular weight excluding hydrogens is 196 g/mol. The third-order valence-electron chi connectivity index (χ3n) is 3.18. The number of hydrogen-bond acceptors (Lipinski definition) is 2. The van der Waals surface area contributed by atoms with Gasteiger partial charge in [-0.3, -0.25) is 0 Å². The monoisotopic (exact) mass is 218 g/mol. The molecule has 0 bridgehead atoms. The second-order valence-electron chi connectivity index (χ2n) is 5.28. The van der Waals surface area contributed by atoms with Gasteiger partial charge in [0.1, 0.15) is 5.82 Å². The van der Waals surface area contributed by atoms with Crippen LogP contribution in [0.2, 0.25) is 0 Å². The average molecular weight is 218 g/mol. The van der Waals surface area contributed by atoms with E-state index >= 15 is 0 Å². The van der Waals surface area contributed by atoms with Crippen LogP contribution in [0.25, 0.3) is 0 Å². The third-order valence-corrected chi connectivity index (χ3v) is 3.18. The van der Waals surface area contributed by atoms with Crippen molar-refractivity contribution < 1.29 is 0 Å². The molecule has 1 N–H and O–H groups in total. The van der Waals surface area contributed by atoms with Crippen molar-refractivity contribution in [1.29, 1.82) is 0 Å². The lowest BCUT2D eigenvalue weighted by molar-refractivity contribution is 0.645. The van der Waals surface area contributed by atoms with Crippen molar-refractivity contribution in [3.05, 3.63) is 23.9 Å². The van der Waals surface area contributed by atoms with Crippen molar-refractivity contribution in [3.63, 3.8) is 0 Å². The largest absolute Gasteiger partial charge is 0.367 e. The first kappa shape index (κ1) is 11.4. The van der Waals surface area contributed by atoms with Crippen LogP contribution < -0.4 is 5.32 Å². The lowest BCUT2D eigenvalue weighted by Crippen LogP contribution is -2.15. The van der Waals surface area contributed by atoms with E-state index in [2.05, 4.69) is 36.3 Å². The van der Waals surface area contributed by atoms with Crippen LogP contribution in [-0.2, 0) is 6.42 Å². The maximum Gasteiger partial charge on any atom is 0.126 e. The number of nitrogens with one attached hydrogen (secondary N) is 1. The highest BCUT2D eigenvalue weighted by Crippen LogP contribution is 2.21. The highest BCUT2D eigenvalue weighted by Gasteiger charge is 2.14. The number of nitrogens with zero attached hydrogens (tertiary/aromatic N) is 1. The summed E-state index contributed by atoms with van der Waals surface area (Å²) < 4.78 is 0. The van der Waals surface area contributed by atoms with E-state index in [0.29, 0.717) is 12.0 Å². The van der Waals surface area contributed by atoms with Crippen LogP contribution >= 0.6 is 0 Å². The number of anilines is 1. The Bertz CT molecular complexity index is 310. The quantitative estimate of drug-likeness (QED) is 0.834. The highest BCUT2D eigenvalue weighted by atomic mass is 15.0. The first-order valence-electron chi connectivity index (χ1n) is 6.45. The molecule has 1 aromatic rings. The van der Waals surface area contributed by atoms with Crippen molar-refractivity contribution >= 4 is 5.82 Å². The zero-order chi connectivity index (χ0) is 11.4. The Labute approximate surface area is 98.5 Å². The van der Waals surface area contributed by atoms with E-state index in [1.165, 1.54) is 31.2 Å². The van der Waals surface area contributed by atoms with Gasteiger partial charge in [0.15, 0.2) is 0 Å². The minimum Gasteiger partial charge on any atom is -0.367 e. The Morgan fingerprint density at radius 1 is 1.31 bits per heavy atom. The molecule has 16 heavy (non-hydrogen) atoms. The fourth-order valence-electron chi connectivity index (χ4n) is 2.38.